The van der Waals surface area contributed by atoms with Crippen LogP contribution in [0.15, 0.2) is 39.9 Å². The average molecular weight is 511 g/mol. The van der Waals surface area contributed by atoms with Gasteiger partial charge in [0.05, 0.1) is 5.69 Å². The molecule has 1 aromatic heterocycles. The van der Waals surface area contributed by atoms with Crippen LogP contribution in [-0.2, 0) is 6.42 Å². The molecule has 1 saturated heterocycles. The second-order valence-corrected chi connectivity index (χ2v) is 8.03. The Bertz CT molecular complexity index is 787. The molecule has 2 unspecified atom stereocenters. The van der Waals surface area contributed by atoms with Crippen molar-refractivity contribution in [1.82, 2.24) is 20.5 Å². The van der Waals surface area contributed by atoms with Gasteiger partial charge in [0.2, 0.25) is 5.89 Å². The first kappa shape index (κ1) is 23.7. The van der Waals surface area contributed by atoms with Gasteiger partial charge in [-0.25, -0.2) is 4.98 Å². The molecule has 0 bridgehead atoms. The molecular formula is C22H34IN5O. The first-order valence-electron chi connectivity index (χ1n) is 10.2. The van der Waals surface area contributed by atoms with Crippen LogP contribution in [0, 0.1) is 12.8 Å². The fourth-order valence-electron chi connectivity index (χ4n) is 3.54. The third-order valence-electron chi connectivity index (χ3n) is 5.44. The van der Waals surface area contributed by atoms with E-state index in [0.29, 0.717) is 23.9 Å². The molecule has 0 aliphatic carbocycles. The van der Waals surface area contributed by atoms with Gasteiger partial charge in [0.25, 0.3) is 0 Å². The minimum Gasteiger partial charge on any atom is -0.444 e. The quantitative estimate of drug-likeness (QED) is 0.352. The zero-order valence-corrected chi connectivity index (χ0v) is 20.4. The first-order valence-corrected chi connectivity index (χ1v) is 10.2. The van der Waals surface area contributed by atoms with E-state index in [2.05, 4.69) is 65.3 Å². The Hall–Kier alpha value is -1.61. The summed E-state index contributed by atoms with van der Waals surface area (Å²) >= 11 is 0. The standard InChI is InChI=1S/C22H33N5O.HI/c1-15(2)27-12-17(4)20(13-27)26-22(23-5)24-11-10-19-14-28-21(25-19)18-8-6-16(3)7-9-18;/h6-9,14-15,17,20H,10-13H2,1-5H3,(H2,23,24,26);1H. The van der Waals surface area contributed by atoms with Crippen molar-refractivity contribution in [3.8, 4) is 11.5 Å². The Morgan fingerprint density at radius 1 is 1.28 bits per heavy atom. The number of halogens is 1. The second kappa shape index (κ2) is 11.0. The number of aromatic nitrogens is 1. The van der Waals surface area contributed by atoms with E-state index in [1.54, 1.807) is 6.26 Å². The van der Waals surface area contributed by atoms with Crippen LogP contribution in [0.5, 0.6) is 0 Å². The van der Waals surface area contributed by atoms with Gasteiger partial charge in [-0.2, -0.15) is 0 Å². The Kier molecular flexibility index (Phi) is 8.95. The molecule has 7 heteroatoms. The van der Waals surface area contributed by atoms with Crippen LogP contribution in [0.25, 0.3) is 11.5 Å². The smallest absolute Gasteiger partial charge is 0.226 e. The molecule has 0 amide bonds. The summed E-state index contributed by atoms with van der Waals surface area (Å²) in [6, 6.07) is 9.23. The molecule has 6 nitrogen and oxygen atoms in total. The lowest BCUT2D eigenvalue weighted by molar-refractivity contribution is 0.265. The molecule has 1 aliphatic heterocycles. The Morgan fingerprint density at radius 3 is 2.62 bits per heavy atom. The molecule has 0 saturated carbocycles. The molecule has 2 N–H and O–H groups in total. The van der Waals surface area contributed by atoms with E-state index in [9.17, 15) is 0 Å². The Morgan fingerprint density at radius 2 is 2.00 bits per heavy atom. The van der Waals surface area contributed by atoms with Gasteiger partial charge in [-0.3, -0.25) is 9.89 Å². The summed E-state index contributed by atoms with van der Waals surface area (Å²) < 4.78 is 5.64. The molecule has 0 radical (unpaired) electrons. The summed E-state index contributed by atoms with van der Waals surface area (Å²) in [7, 11) is 1.82. The highest BCUT2D eigenvalue weighted by Crippen LogP contribution is 2.20. The van der Waals surface area contributed by atoms with Crippen LogP contribution in [0.2, 0.25) is 0 Å². The van der Waals surface area contributed by atoms with Gasteiger partial charge in [-0.15, -0.1) is 24.0 Å². The average Bonchev–Trinajstić information content (AvgIpc) is 3.29. The number of benzene rings is 1. The highest BCUT2D eigenvalue weighted by Gasteiger charge is 2.31. The lowest BCUT2D eigenvalue weighted by atomic mass is 10.1. The highest BCUT2D eigenvalue weighted by atomic mass is 127. The monoisotopic (exact) mass is 511 g/mol. The van der Waals surface area contributed by atoms with E-state index in [0.717, 1.165) is 43.3 Å². The molecule has 1 aromatic carbocycles. The van der Waals surface area contributed by atoms with Crippen molar-refractivity contribution in [2.45, 2.75) is 46.2 Å². The number of guanidine groups is 1. The van der Waals surface area contributed by atoms with E-state index in [1.807, 2.05) is 19.2 Å². The summed E-state index contributed by atoms with van der Waals surface area (Å²) in [5.74, 6) is 2.13. The molecule has 2 atom stereocenters. The zero-order chi connectivity index (χ0) is 20.1. The predicted molar refractivity (Wildman–Crippen MR) is 130 cm³/mol. The van der Waals surface area contributed by atoms with E-state index >= 15 is 0 Å². The van der Waals surface area contributed by atoms with Crippen molar-refractivity contribution >= 4 is 29.9 Å². The minimum absolute atomic E-state index is 0. The second-order valence-electron chi connectivity index (χ2n) is 8.03. The van der Waals surface area contributed by atoms with Crippen LogP contribution < -0.4 is 10.6 Å². The van der Waals surface area contributed by atoms with Crippen molar-refractivity contribution < 1.29 is 4.42 Å². The molecule has 2 heterocycles. The van der Waals surface area contributed by atoms with Gasteiger partial charge >= 0.3 is 0 Å². The summed E-state index contributed by atoms with van der Waals surface area (Å²) in [5, 5.41) is 6.98. The minimum atomic E-state index is 0. The number of oxazole rings is 1. The summed E-state index contributed by atoms with van der Waals surface area (Å²) in [6.45, 7) is 11.8. The molecule has 160 valence electrons. The number of nitrogens with one attached hydrogen (secondary N) is 2. The van der Waals surface area contributed by atoms with Crippen LogP contribution in [0.4, 0.5) is 0 Å². The largest absolute Gasteiger partial charge is 0.444 e. The van der Waals surface area contributed by atoms with Gasteiger partial charge in [-0.1, -0.05) is 24.6 Å². The maximum absolute atomic E-state index is 5.64. The molecule has 3 rings (SSSR count). The number of hydrogen-bond donors (Lipinski definition) is 2. The highest BCUT2D eigenvalue weighted by molar-refractivity contribution is 14.0. The summed E-state index contributed by atoms with van der Waals surface area (Å²) in [4.78, 5) is 11.5. The van der Waals surface area contributed by atoms with Gasteiger partial charge in [0, 0.05) is 50.7 Å². The van der Waals surface area contributed by atoms with Gasteiger partial charge < -0.3 is 15.1 Å². The summed E-state index contributed by atoms with van der Waals surface area (Å²) in [5.41, 5.74) is 3.18. The Labute approximate surface area is 191 Å². The van der Waals surface area contributed by atoms with Crippen LogP contribution in [0.1, 0.15) is 32.0 Å². The van der Waals surface area contributed by atoms with E-state index < -0.39 is 0 Å². The van der Waals surface area contributed by atoms with E-state index in [1.165, 1.54) is 5.56 Å². The molecule has 2 aromatic rings. The van der Waals surface area contributed by atoms with Gasteiger partial charge in [-0.05, 0) is 38.8 Å². The number of rotatable bonds is 6. The Balaban J connectivity index is 0.00000300. The van der Waals surface area contributed by atoms with Gasteiger partial charge in [0.1, 0.15) is 6.26 Å². The van der Waals surface area contributed by atoms with E-state index in [-0.39, 0.29) is 24.0 Å². The molecule has 1 fully saturated rings. The molecule has 0 spiro atoms. The number of nitrogens with zero attached hydrogens (tertiary/aromatic N) is 3. The van der Waals surface area contributed by atoms with Crippen LogP contribution in [0.3, 0.4) is 0 Å². The SMILES string of the molecule is CN=C(NCCc1coc(-c2ccc(C)cc2)n1)NC1CN(C(C)C)CC1C.I. The fourth-order valence-corrected chi connectivity index (χ4v) is 3.54. The van der Waals surface area contributed by atoms with Crippen molar-refractivity contribution in [3.63, 3.8) is 0 Å². The maximum atomic E-state index is 5.64. The van der Waals surface area contributed by atoms with E-state index in [4.69, 9.17) is 4.42 Å². The van der Waals surface area contributed by atoms with Crippen molar-refractivity contribution in [2.24, 2.45) is 10.9 Å². The normalized spacial score (nSPS) is 20.0. The maximum Gasteiger partial charge on any atom is 0.226 e. The van der Waals surface area contributed by atoms with Gasteiger partial charge in [0.15, 0.2) is 5.96 Å². The third-order valence-corrected chi connectivity index (χ3v) is 5.44. The summed E-state index contributed by atoms with van der Waals surface area (Å²) in [6.07, 6.45) is 2.53. The fraction of sp³-hybridized carbons (Fsp3) is 0.545. The zero-order valence-electron chi connectivity index (χ0n) is 18.1. The number of hydrogen-bond acceptors (Lipinski definition) is 4. The van der Waals surface area contributed by atoms with Crippen molar-refractivity contribution in [1.29, 1.82) is 0 Å². The lowest BCUT2D eigenvalue weighted by Gasteiger charge is -2.21. The lowest BCUT2D eigenvalue weighted by Crippen LogP contribution is -2.47. The molecular weight excluding hydrogens is 477 g/mol. The first-order chi connectivity index (χ1) is 13.5. The number of aliphatic imine (C=N–C) groups is 1. The van der Waals surface area contributed by atoms with Crippen LogP contribution in [-0.4, -0.2) is 54.6 Å². The third kappa shape index (κ3) is 6.44. The number of aryl methyl sites for hydroxylation is 1. The molecule has 29 heavy (non-hydrogen) atoms. The van der Waals surface area contributed by atoms with Crippen molar-refractivity contribution in [2.75, 3.05) is 26.7 Å². The molecule has 1 aliphatic rings. The van der Waals surface area contributed by atoms with Crippen LogP contribution >= 0.6 is 24.0 Å². The number of likely N-dealkylation sites (tertiary alicyclic amines) is 1. The predicted octanol–water partition coefficient (Wildman–Crippen LogP) is 3.70. The topological polar surface area (TPSA) is 65.7 Å². The van der Waals surface area contributed by atoms with Crippen molar-refractivity contribution in [3.05, 3.63) is 41.8 Å².